The maximum atomic E-state index is 12.7. The molecule has 0 N–H and O–H groups in total. The number of esters is 2. The van der Waals surface area contributed by atoms with E-state index in [-0.39, 0.29) is 29.3 Å². The minimum atomic E-state index is -0.546. The van der Waals surface area contributed by atoms with Crippen molar-refractivity contribution in [1.29, 1.82) is 0 Å². The largest absolute Gasteiger partial charge is 0.459 e. The third kappa shape index (κ3) is 6.45. The molecule has 0 saturated carbocycles. The van der Waals surface area contributed by atoms with E-state index in [0.717, 1.165) is 18.4 Å². The van der Waals surface area contributed by atoms with Crippen LogP contribution in [0.5, 0.6) is 0 Å². The Morgan fingerprint density at radius 3 is 2.12 bits per heavy atom. The van der Waals surface area contributed by atoms with Gasteiger partial charge in [-0.25, -0.2) is 9.59 Å². The van der Waals surface area contributed by atoms with Gasteiger partial charge in [-0.2, -0.15) is 0 Å². The van der Waals surface area contributed by atoms with E-state index in [0.29, 0.717) is 0 Å². The SMILES string of the molecule is CCCC(C)OC(=O)c1ccc(C(C)(C)C)cc1C(=O)OC(C)COC. The second kappa shape index (κ2) is 9.72. The summed E-state index contributed by atoms with van der Waals surface area (Å²) in [6, 6.07) is 5.23. The average Bonchev–Trinajstić information content (AvgIpc) is 2.53. The van der Waals surface area contributed by atoms with E-state index in [4.69, 9.17) is 14.2 Å². The van der Waals surface area contributed by atoms with Crippen molar-refractivity contribution in [2.45, 2.75) is 72.0 Å². The number of carbonyl (C=O) groups is 2. The Morgan fingerprint density at radius 1 is 1.00 bits per heavy atom. The first-order valence-electron chi connectivity index (χ1n) is 9.15. The van der Waals surface area contributed by atoms with Gasteiger partial charge in [-0.15, -0.1) is 0 Å². The molecule has 5 nitrogen and oxygen atoms in total. The first-order valence-corrected chi connectivity index (χ1v) is 9.15. The maximum absolute atomic E-state index is 12.7. The molecule has 0 spiro atoms. The summed E-state index contributed by atoms with van der Waals surface area (Å²) in [6.07, 6.45) is 1.08. The predicted octanol–water partition coefficient (Wildman–Crippen LogP) is 4.52. The zero-order chi connectivity index (χ0) is 19.9. The Balaban J connectivity index is 3.19. The van der Waals surface area contributed by atoms with Crippen LogP contribution in [0, 0.1) is 0 Å². The standard InChI is InChI=1S/C21H32O5/c1-8-9-14(2)25-19(22)17-11-10-16(21(4,5)6)12-18(17)20(23)26-15(3)13-24-7/h10-12,14-15H,8-9,13H2,1-7H3. The van der Waals surface area contributed by atoms with Crippen molar-refractivity contribution in [1.82, 2.24) is 0 Å². The molecule has 0 amide bonds. The zero-order valence-electron chi connectivity index (χ0n) is 17.0. The van der Waals surface area contributed by atoms with Gasteiger partial charge in [0.2, 0.25) is 0 Å². The van der Waals surface area contributed by atoms with Crippen molar-refractivity contribution in [3.63, 3.8) is 0 Å². The molecule has 26 heavy (non-hydrogen) atoms. The number of carbonyl (C=O) groups excluding carboxylic acids is 2. The summed E-state index contributed by atoms with van der Waals surface area (Å²) < 4.78 is 15.9. The van der Waals surface area contributed by atoms with Gasteiger partial charge in [-0.05, 0) is 43.4 Å². The normalized spacial score (nSPS) is 13.8. The highest BCUT2D eigenvalue weighted by atomic mass is 16.6. The van der Waals surface area contributed by atoms with Gasteiger partial charge in [0.15, 0.2) is 0 Å². The molecule has 0 aliphatic heterocycles. The molecule has 1 aromatic rings. The van der Waals surface area contributed by atoms with Gasteiger partial charge in [0.1, 0.15) is 6.10 Å². The molecule has 0 heterocycles. The monoisotopic (exact) mass is 364 g/mol. The van der Waals surface area contributed by atoms with Crippen molar-refractivity contribution in [2.24, 2.45) is 0 Å². The minimum absolute atomic E-state index is 0.162. The lowest BCUT2D eigenvalue weighted by Gasteiger charge is -2.22. The molecular weight excluding hydrogens is 332 g/mol. The molecule has 146 valence electrons. The maximum Gasteiger partial charge on any atom is 0.339 e. The van der Waals surface area contributed by atoms with E-state index in [1.54, 1.807) is 26.2 Å². The molecule has 2 unspecified atom stereocenters. The van der Waals surface area contributed by atoms with Crippen molar-refractivity contribution in [2.75, 3.05) is 13.7 Å². The topological polar surface area (TPSA) is 61.8 Å². The van der Waals surface area contributed by atoms with Gasteiger partial charge in [0.05, 0.1) is 23.8 Å². The molecule has 0 radical (unpaired) electrons. The van der Waals surface area contributed by atoms with Crippen LogP contribution in [0.25, 0.3) is 0 Å². The number of hydrogen-bond donors (Lipinski definition) is 0. The molecule has 0 aliphatic rings. The number of rotatable bonds is 8. The van der Waals surface area contributed by atoms with Crippen molar-refractivity contribution in [3.05, 3.63) is 34.9 Å². The third-order valence-electron chi connectivity index (χ3n) is 4.04. The molecule has 5 heteroatoms. The molecule has 0 bridgehead atoms. The van der Waals surface area contributed by atoms with Gasteiger partial charge >= 0.3 is 11.9 Å². The second-order valence-corrected chi connectivity index (χ2v) is 7.69. The van der Waals surface area contributed by atoms with E-state index in [9.17, 15) is 9.59 Å². The molecule has 1 aromatic carbocycles. The molecule has 0 fully saturated rings. The fourth-order valence-corrected chi connectivity index (χ4v) is 2.58. The smallest absolute Gasteiger partial charge is 0.339 e. The molecular formula is C21H32O5. The third-order valence-corrected chi connectivity index (χ3v) is 4.04. The average molecular weight is 364 g/mol. The zero-order valence-corrected chi connectivity index (χ0v) is 17.0. The van der Waals surface area contributed by atoms with Crippen molar-refractivity contribution < 1.29 is 23.8 Å². The molecule has 2 atom stereocenters. The van der Waals surface area contributed by atoms with Gasteiger partial charge in [0.25, 0.3) is 0 Å². The van der Waals surface area contributed by atoms with Crippen LogP contribution in [0.2, 0.25) is 0 Å². The van der Waals surface area contributed by atoms with Gasteiger partial charge < -0.3 is 14.2 Å². The lowest BCUT2D eigenvalue weighted by Crippen LogP contribution is -2.24. The Labute approximate surface area is 157 Å². The summed E-state index contributed by atoms with van der Waals surface area (Å²) in [5.41, 5.74) is 1.25. The van der Waals surface area contributed by atoms with Crippen LogP contribution in [0.3, 0.4) is 0 Å². The van der Waals surface area contributed by atoms with Crippen LogP contribution in [0.1, 0.15) is 80.7 Å². The predicted molar refractivity (Wildman–Crippen MR) is 102 cm³/mol. The van der Waals surface area contributed by atoms with Crippen LogP contribution in [0.4, 0.5) is 0 Å². The van der Waals surface area contributed by atoms with E-state index in [1.807, 2.05) is 40.7 Å². The van der Waals surface area contributed by atoms with E-state index in [1.165, 1.54) is 0 Å². The Bertz CT molecular complexity index is 615. The van der Waals surface area contributed by atoms with Gasteiger partial charge in [-0.1, -0.05) is 40.2 Å². The summed E-state index contributed by atoms with van der Waals surface area (Å²) in [7, 11) is 1.54. The lowest BCUT2D eigenvalue weighted by atomic mass is 9.85. The second-order valence-electron chi connectivity index (χ2n) is 7.69. The van der Waals surface area contributed by atoms with Crippen LogP contribution in [-0.4, -0.2) is 37.9 Å². The van der Waals surface area contributed by atoms with Gasteiger partial charge in [-0.3, -0.25) is 0 Å². The Hall–Kier alpha value is -1.88. The lowest BCUT2D eigenvalue weighted by molar-refractivity contribution is 0.0110. The van der Waals surface area contributed by atoms with Crippen LogP contribution in [-0.2, 0) is 19.6 Å². The Kier molecular flexibility index (Phi) is 8.28. The first-order chi connectivity index (χ1) is 12.1. The van der Waals surface area contributed by atoms with E-state index in [2.05, 4.69) is 0 Å². The van der Waals surface area contributed by atoms with Crippen LogP contribution < -0.4 is 0 Å². The summed E-state index contributed by atoms with van der Waals surface area (Å²) in [6.45, 7) is 12.1. The first kappa shape index (κ1) is 22.2. The van der Waals surface area contributed by atoms with E-state index >= 15 is 0 Å². The number of hydrogen-bond acceptors (Lipinski definition) is 5. The molecule has 1 rings (SSSR count). The number of methoxy groups -OCH3 is 1. The van der Waals surface area contributed by atoms with Crippen molar-refractivity contribution >= 4 is 11.9 Å². The quantitative estimate of drug-likeness (QED) is 0.635. The summed E-state index contributed by atoms with van der Waals surface area (Å²) in [5, 5.41) is 0. The fraction of sp³-hybridized carbons (Fsp3) is 0.619. The summed E-state index contributed by atoms with van der Waals surface area (Å²) in [4.78, 5) is 25.2. The van der Waals surface area contributed by atoms with Crippen LogP contribution >= 0.6 is 0 Å². The molecule has 0 aromatic heterocycles. The highest BCUT2D eigenvalue weighted by molar-refractivity contribution is 6.03. The van der Waals surface area contributed by atoms with Gasteiger partial charge in [0, 0.05) is 7.11 Å². The van der Waals surface area contributed by atoms with Crippen molar-refractivity contribution in [3.8, 4) is 0 Å². The van der Waals surface area contributed by atoms with E-state index < -0.39 is 18.0 Å². The highest BCUT2D eigenvalue weighted by Crippen LogP contribution is 2.26. The fourth-order valence-electron chi connectivity index (χ4n) is 2.58. The Morgan fingerprint density at radius 2 is 1.58 bits per heavy atom. The molecule has 0 saturated heterocycles. The summed E-state index contributed by atoms with van der Waals surface area (Å²) >= 11 is 0. The number of ether oxygens (including phenoxy) is 3. The highest BCUT2D eigenvalue weighted by Gasteiger charge is 2.25. The van der Waals surface area contributed by atoms with Crippen LogP contribution in [0.15, 0.2) is 18.2 Å². The number of benzene rings is 1. The minimum Gasteiger partial charge on any atom is -0.459 e. The molecule has 0 aliphatic carbocycles. The summed E-state index contributed by atoms with van der Waals surface area (Å²) in [5.74, 6) is -1.05.